The van der Waals surface area contributed by atoms with Gasteiger partial charge < -0.3 is 23.9 Å². The molecule has 12 heteroatoms. The number of esters is 1. The van der Waals surface area contributed by atoms with Crippen molar-refractivity contribution in [3.8, 4) is 5.75 Å². The molecule has 2 heterocycles. The summed E-state index contributed by atoms with van der Waals surface area (Å²) in [5.74, 6) is 1.25. The molecule has 3 aromatic carbocycles. The lowest BCUT2D eigenvalue weighted by molar-refractivity contribution is -0.142. The molecule has 0 amide bonds. The summed E-state index contributed by atoms with van der Waals surface area (Å²) in [6, 6.07) is 23.9. The van der Waals surface area contributed by atoms with E-state index in [0.717, 1.165) is 38.2 Å². The van der Waals surface area contributed by atoms with E-state index in [4.69, 9.17) is 32.7 Å². The minimum atomic E-state index is -0.230. The summed E-state index contributed by atoms with van der Waals surface area (Å²) < 4.78 is 15.0. The standard InChI is InChI=1S/C31H30Cl2N6O3S/c1-3-41-28(40)15-21-9-12-24(13-10-21)34-17-23-11-14-25(16-26(23)42-19-22-7-5-4-6-8-22)43-31-37-36-27(38(31)2)18-39-20-35-29(32)30(39)33/h4-14,16,20,34H,3,15,17-19H2,1-2H3. The van der Waals surface area contributed by atoms with Crippen LogP contribution in [0.4, 0.5) is 5.69 Å². The number of carbonyl (C=O) groups excluding carboxylic acids is 1. The Kier molecular flexibility index (Phi) is 10.2. The van der Waals surface area contributed by atoms with Crippen molar-refractivity contribution in [2.75, 3.05) is 11.9 Å². The third-order valence-electron chi connectivity index (χ3n) is 6.55. The van der Waals surface area contributed by atoms with Crippen molar-refractivity contribution in [3.05, 3.63) is 112 Å². The van der Waals surface area contributed by atoms with Gasteiger partial charge in [0.15, 0.2) is 16.1 Å². The second-order valence-corrected chi connectivity index (χ2v) is 11.3. The highest BCUT2D eigenvalue weighted by molar-refractivity contribution is 7.99. The van der Waals surface area contributed by atoms with Gasteiger partial charge in [0.1, 0.15) is 17.5 Å². The van der Waals surface area contributed by atoms with Gasteiger partial charge >= 0.3 is 5.97 Å². The van der Waals surface area contributed by atoms with E-state index < -0.39 is 0 Å². The van der Waals surface area contributed by atoms with Gasteiger partial charge in [0.05, 0.1) is 25.9 Å². The first kappa shape index (κ1) is 30.5. The number of ether oxygens (including phenoxy) is 2. The van der Waals surface area contributed by atoms with Gasteiger partial charge in [-0.3, -0.25) is 4.79 Å². The zero-order valence-corrected chi connectivity index (χ0v) is 26.0. The lowest BCUT2D eigenvalue weighted by Gasteiger charge is -2.15. The summed E-state index contributed by atoms with van der Waals surface area (Å²) in [5, 5.41) is 13.5. The molecule has 0 unspecified atom stereocenters. The van der Waals surface area contributed by atoms with Crippen LogP contribution in [0.2, 0.25) is 10.3 Å². The van der Waals surface area contributed by atoms with Crippen molar-refractivity contribution >= 4 is 46.6 Å². The topological polar surface area (TPSA) is 96.1 Å². The van der Waals surface area contributed by atoms with E-state index in [0.29, 0.717) is 37.3 Å². The molecule has 222 valence electrons. The lowest BCUT2D eigenvalue weighted by Crippen LogP contribution is -2.07. The lowest BCUT2D eigenvalue weighted by atomic mass is 10.1. The van der Waals surface area contributed by atoms with Crippen LogP contribution in [0.3, 0.4) is 0 Å². The molecule has 0 saturated heterocycles. The number of rotatable bonds is 13. The van der Waals surface area contributed by atoms with Crippen LogP contribution in [0.25, 0.3) is 0 Å². The summed E-state index contributed by atoms with van der Waals surface area (Å²) in [5.41, 5.74) is 3.92. The number of halogens is 2. The SMILES string of the molecule is CCOC(=O)Cc1ccc(NCc2ccc(Sc3nnc(Cn4cnc(Cl)c4Cl)n3C)cc2OCc2ccccc2)cc1. The number of nitrogens with zero attached hydrogens (tertiary/aromatic N) is 5. The third-order valence-corrected chi connectivity index (χ3v) is 8.34. The molecule has 43 heavy (non-hydrogen) atoms. The predicted molar refractivity (Wildman–Crippen MR) is 168 cm³/mol. The van der Waals surface area contributed by atoms with Crippen molar-refractivity contribution < 1.29 is 14.3 Å². The van der Waals surface area contributed by atoms with Gasteiger partial charge in [-0.15, -0.1) is 10.2 Å². The van der Waals surface area contributed by atoms with E-state index in [1.165, 1.54) is 11.8 Å². The highest BCUT2D eigenvalue weighted by atomic mass is 35.5. The molecule has 0 bridgehead atoms. The van der Waals surface area contributed by atoms with Gasteiger partial charge in [-0.05, 0) is 54.1 Å². The van der Waals surface area contributed by atoms with Crippen LogP contribution < -0.4 is 10.1 Å². The Bertz CT molecular complexity index is 1680. The van der Waals surface area contributed by atoms with Gasteiger partial charge in [-0.1, -0.05) is 71.7 Å². The summed E-state index contributed by atoms with van der Waals surface area (Å²) >= 11 is 13.7. The Balaban J connectivity index is 1.30. The minimum Gasteiger partial charge on any atom is -0.489 e. The highest BCUT2D eigenvalue weighted by Gasteiger charge is 2.15. The Hall–Kier alpha value is -3.99. The first-order chi connectivity index (χ1) is 20.9. The second-order valence-electron chi connectivity index (χ2n) is 9.59. The zero-order valence-electron chi connectivity index (χ0n) is 23.7. The fourth-order valence-electron chi connectivity index (χ4n) is 4.21. The van der Waals surface area contributed by atoms with Gasteiger partial charge in [-0.2, -0.15) is 0 Å². The van der Waals surface area contributed by atoms with Gasteiger partial charge in [-0.25, -0.2) is 4.98 Å². The van der Waals surface area contributed by atoms with Crippen LogP contribution in [-0.4, -0.2) is 36.9 Å². The number of hydrogen-bond acceptors (Lipinski definition) is 8. The van der Waals surface area contributed by atoms with Crippen LogP contribution in [0.1, 0.15) is 29.4 Å². The van der Waals surface area contributed by atoms with Crippen molar-refractivity contribution in [3.63, 3.8) is 0 Å². The quantitative estimate of drug-likeness (QED) is 0.141. The molecule has 0 atom stereocenters. The van der Waals surface area contributed by atoms with Crippen molar-refractivity contribution in [2.24, 2.45) is 7.05 Å². The van der Waals surface area contributed by atoms with Crippen LogP contribution >= 0.6 is 35.0 Å². The molecule has 5 aromatic rings. The number of hydrogen-bond donors (Lipinski definition) is 1. The Morgan fingerprint density at radius 2 is 1.79 bits per heavy atom. The summed E-state index contributed by atoms with van der Waals surface area (Å²) in [7, 11) is 1.91. The smallest absolute Gasteiger partial charge is 0.310 e. The molecule has 0 aliphatic carbocycles. The average molecular weight is 638 g/mol. The van der Waals surface area contributed by atoms with Crippen molar-refractivity contribution in [1.29, 1.82) is 0 Å². The summed E-state index contributed by atoms with van der Waals surface area (Å²) in [6.07, 6.45) is 1.83. The fourth-order valence-corrected chi connectivity index (χ4v) is 5.35. The molecular weight excluding hydrogens is 607 g/mol. The van der Waals surface area contributed by atoms with Gasteiger partial charge in [0, 0.05) is 29.7 Å². The number of aromatic nitrogens is 5. The van der Waals surface area contributed by atoms with E-state index in [2.05, 4.69) is 26.6 Å². The van der Waals surface area contributed by atoms with Crippen LogP contribution in [0.5, 0.6) is 5.75 Å². The molecule has 0 spiro atoms. The zero-order chi connectivity index (χ0) is 30.2. The van der Waals surface area contributed by atoms with Gasteiger partial charge in [0.2, 0.25) is 0 Å². The largest absolute Gasteiger partial charge is 0.489 e. The minimum absolute atomic E-state index is 0.230. The predicted octanol–water partition coefficient (Wildman–Crippen LogP) is 6.81. The highest BCUT2D eigenvalue weighted by Crippen LogP contribution is 2.32. The average Bonchev–Trinajstić information content (AvgIpc) is 3.52. The third kappa shape index (κ3) is 8.10. The first-order valence-electron chi connectivity index (χ1n) is 13.6. The molecule has 0 aliphatic heterocycles. The first-order valence-corrected chi connectivity index (χ1v) is 15.2. The van der Waals surface area contributed by atoms with E-state index in [-0.39, 0.29) is 17.5 Å². The van der Waals surface area contributed by atoms with Gasteiger partial charge in [0.25, 0.3) is 0 Å². The molecule has 2 aromatic heterocycles. The summed E-state index contributed by atoms with van der Waals surface area (Å²) in [6.45, 7) is 3.56. The molecule has 0 radical (unpaired) electrons. The second kappa shape index (κ2) is 14.5. The Morgan fingerprint density at radius 1 is 1.00 bits per heavy atom. The molecule has 0 fully saturated rings. The normalized spacial score (nSPS) is 11.0. The van der Waals surface area contributed by atoms with E-state index in [1.807, 2.05) is 78.3 Å². The van der Waals surface area contributed by atoms with E-state index in [9.17, 15) is 4.79 Å². The van der Waals surface area contributed by atoms with Crippen LogP contribution in [-0.2, 0) is 42.7 Å². The monoisotopic (exact) mass is 636 g/mol. The summed E-state index contributed by atoms with van der Waals surface area (Å²) in [4.78, 5) is 16.8. The van der Waals surface area contributed by atoms with Crippen molar-refractivity contribution in [1.82, 2.24) is 24.3 Å². The molecule has 0 aliphatic rings. The number of imidazole rings is 1. The van der Waals surface area contributed by atoms with E-state index in [1.54, 1.807) is 17.8 Å². The maximum absolute atomic E-state index is 11.8. The molecule has 9 nitrogen and oxygen atoms in total. The van der Waals surface area contributed by atoms with Crippen molar-refractivity contribution in [2.45, 2.75) is 43.1 Å². The molecule has 0 saturated carbocycles. The Labute approximate surface area is 264 Å². The number of anilines is 1. The molecular formula is C31H30Cl2N6O3S. The molecule has 1 N–H and O–H groups in total. The number of benzene rings is 3. The number of nitrogens with one attached hydrogen (secondary N) is 1. The number of carbonyl (C=O) groups is 1. The fraction of sp³-hybridized carbons (Fsp3) is 0.226. The maximum Gasteiger partial charge on any atom is 0.310 e. The molecule has 5 rings (SSSR count). The van der Waals surface area contributed by atoms with Crippen LogP contribution in [0.15, 0.2) is 89.2 Å². The Morgan fingerprint density at radius 3 is 2.51 bits per heavy atom. The van der Waals surface area contributed by atoms with E-state index >= 15 is 0 Å². The van der Waals surface area contributed by atoms with Crippen LogP contribution in [0, 0.1) is 0 Å². The maximum atomic E-state index is 11.8.